The molecule has 2 amide bonds. The Hall–Kier alpha value is -1.79. The summed E-state index contributed by atoms with van der Waals surface area (Å²) in [5, 5.41) is 11.4. The molecular weight excluding hydrogens is 276 g/mol. The Morgan fingerprint density at radius 2 is 1.90 bits per heavy atom. The highest BCUT2D eigenvalue weighted by atomic mass is 16.5. The number of nitrogens with one attached hydrogen (secondary N) is 1. The maximum absolute atomic E-state index is 11.7. The molecule has 0 spiro atoms. The van der Waals surface area contributed by atoms with Crippen molar-refractivity contribution >= 4 is 18.0 Å². The second kappa shape index (κ2) is 10.9. The van der Waals surface area contributed by atoms with Gasteiger partial charge in [0.1, 0.15) is 6.54 Å². The molecule has 7 heteroatoms. The van der Waals surface area contributed by atoms with Crippen LogP contribution < -0.4 is 5.32 Å². The molecule has 0 aromatic heterocycles. The van der Waals surface area contributed by atoms with Crippen molar-refractivity contribution in [2.45, 2.75) is 39.0 Å². The van der Waals surface area contributed by atoms with Gasteiger partial charge in [-0.3, -0.25) is 9.59 Å². The molecule has 7 nitrogen and oxygen atoms in total. The summed E-state index contributed by atoms with van der Waals surface area (Å²) >= 11 is 0. The van der Waals surface area contributed by atoms with Crippen LogP contribution in [0.25, 0.3) is 0 Å². The summed E-state index contributed by atoms with van der Waals surface area (Å²) in [6.07, 6.45) is 3.44. The molecule has 0 radical (unpaired) electrons. The third kappa shape index (κ3) is 9.70. The number of carboxylic acid groups (broad SMARTS) is 1. The Morgan fingerprint density at radius 3 is 2.43 bits per heavy atom. The summed E-state index contributed by atoms with van der Waals surface area (Å²) in [6, 6.07) is -0.339. The summed E-state index contributed by atoms with van der Waals surface area (Å²) in [5.74, 6) is -0.978. The topological polar surface area (TPSA) is 95.9 Å². The fourth-order valence-corrected chi connectivity index (χ4v) is 2.02. The molecule has 1 atom stereocenters. The second-order valence-corrected chi connectivity index (χ2v) is 5.04. The summed E-state index contributed by atoms with van der Waals surface area (Å²) in [5.41, 5.74) is 0. The number of carbonyl (C=O) groups is 3. The Balaban J connectivity index is 4.03. The van der Waals surface area contributed by atoms with E-state index in [1.807, 2.05) is 0 Å². The molecule has 21 heavy (non-hydrogen) atoms. The Morgan fingerprint density at radius 1 is 1.24 bits per heavy atom. The fourth-order valence-electron chi connectivity index (χ4n) is 2.02. The van der Waals surface area contributed by atoms with Crippen LogP contribution >= 0.6 is 0 Å². The van der Waals surface area contributed by atoms with Crippen molar-refractivity contribution in [3.8, 4) is 0 Å². The van der Waals surface area contributed by atoms with Crippen LogP contribution in [0.5, 0.6) is 0 Å². The number of esters is 1. The van der Waals surface area contributed by atoms with Gasteiger partial charge in [0.2, 0.25) is 0 Å². The van der Waals surface area contributed by atoms with Crippen LogP contribution in [0.4, 0.5) is 4.79 Å². The van der Waals surface area contributed by atoms with Gasteiger partial charge in [-0.15, -0.1) is 0 Å². The van der Waals surface area contributed by atoms with Crippen LogP contribution in [-0.4, -0.2) is 55.2 Å². The van der Waals surface area contributed by atoms with E-state index in [4.69, 9.17) is 5.11 Å². The Bertz CT molecular complexity index is 346. The Kier molecular flexibility index (Phi) is 10.0. The Labute approximate surface area is 125 Å². The lowest BCUT2D eigenvalue weighted by molar-refractivity contribution is -0.141. The zero-order chi connectivity index (χ0) is 16.3. The van der Waals surface area contributed by atoms with Gasteiger partial charge in [0.05, 0.1) is 7.11 Å². The zero-order valence-electron chi connectivity index (χ0n) is 13.1. The van der Waals surface area contributed by atoms with Crippen molar-refractivity contribution in [1.82, 2.24) is 10.2 Å². The summed E-state index contributed by atoms with van der Waals surface area (Å²) < 4.78 is 4.48. The van der Waals surface area contributed by atoms with E-state index in [1.54, 1.807) is 0 Å². The average Bonchev–Trinajstić information content (AvgIpc) is 2.44. The first-order valence-corrected chi connectivity index (χ1v) is 7.18. The number of methoxy groups -OCH3 is 1. The number of hydrogen-bond donors (Lipinski definition) is 2. The van der Waals surface area contributed by atoms with E-state index in [9.17, 15) is 14.4 Å². The predicted octanol–water partition coefficient (Wildman–Crippen LogP) is 1.47. The van der Waals surface area contributed by atoms with Gasteiger partial charge in [-0.2, -0.15) is 0 Å². The van der Waals surface area contributed by atoms with Gasteiger partial charge in [0.15, 0.2) is 0 Å². The monoisotopic (exact) mass is 302 g/mol. The molecule has 0 aliphatic carbocycles. The number of nitrogens with zero attached hydrogens (tertiary/aromatic N) is 1. The number of rotatable bonds is 10. The molecule has 0 heterocycles. The van der Waals surface area contributed by atoms with Gasteiger partial charge in [-0.25, -0.2) is 4.79 Å². The number of carboxylic acids is 1. The van der Waals surface area contributed by atoms with E-state index in [1.165, 1.54) is 19.1 Å². The average molecular weight is 302 g/mol. The van der Waals surface area contributed by atoms with Gasteiger partial charge in [0, 0.05) is 20.0 Å². The second-order valence-electron chi connectivity index (χ2n) is 5.04. The highest BCUT2D eigenvalue weighted by Gasteiger charge is 2.14. The molecule has 0 aliphatic heterocycles. The molecule has 0 bridgehead atoms. The predicted molar refractivity (Wildman–Crippen MR) is 77.9 cm³/mol. The molecule has 0 fully saturated rings. The van der Waals surface area contributed by atoms with Crippen LogP contribution in [-0.2, 0) is 14.3 Å². The third-order valence-electron chi connectivity index (χ3n) is 3.23. The standard InChI is InChI=1S/C14H26N2O5/c1-4-5-11(6-7-12(17)18)8-9-15-14(20)16(2)10-13(19)21-3/h11H,4-10H2,1-3H3,(H,15,20)(H,17,18). The third-order valence-corrected chi connectivity index (χ3v) is 3.23. The van der Waals surface area contributed by atoms with Crippen LogP contribution in [0.2, 0.25) is 0 Å². The number of carbonyl (C=O) groups excluding carboxylic acids is 2. The van der Waals surface area contributed by atoms with Gasteiger partial charge in [-0.05, 0) is 18.8 Å². The van der Waals surface area contributed by atoms with Gasteiger partial charge < -0.3 is 20.1 Å². The number of amides is 2. The maximum Gasteiger partial charge on any atom is 0.325 e. The van der Waals surface area contributed by atoms with E-state index in [-0.39, 0.29) is 24.9 Å². The van der Waals surface area contributed by atoms with Crippen molar-refractivity contribution in [2.75, 3.05) is 27.2 Å². The summed E-state index contributed by atoms with van der Waals surface area (Å²) in [6.45, 7) is 2.42. The number of ether oxygens (including phenoxy) is 1. The van der Waals surface area contributed by atoms with Crippen LogP contribution in [0, 0.1) is 5.92 Å². The van der Waals surface area contributed by atoms with Crippen molar-refractivity contribution < 1.29 is 24.2 Å². The van der Waals surface area contributed by atoms with Crippen molar-refractivity contribution in [1.29, 1.82) is 0 Å². The molecular formula is C14H26N2O5. The largest absolute Gasteiger partial charge is 0.481 e. The molecule has 2 N–H and O–H groups in total. The molecule has 0 aliphatic rings. The van der Waals surface area contributed by atoms with E-state index in [2.05, 4.69) is 17.0 Å². The van der Waals surface area contributed by atoms with Crippen LogP contribution in [0.15, 0.2) is 0 Å². The number of hydrogen-bond acceptors (Lipinski definition) is 4. The molecule has 0 aromatic carbocycles. The molecule has 0 saturated heterocycles. The first-order chi connectivity index (χ1) is 9.90. The summed E-state index contributed by atoms with van der Waals surface area (Å²) in [4.78, 5) is 34.6. The zero-order valence-corrected chi connectivity index (χ0v) is 13.1. The lowest BCUT2D eigenvalue weighted by atomic mass is 9.94. The van der Waals surface area contributed by atoms with Gasteiger partial charge in [-0.1, -0.05) is 19.8 Å². The van der Waals surface area contributed by atoms with Gasteiger partial charge in [0.25, 0.3) is 0 Å². The fraction of sp³-hybridized carbons (Fsp3) is 0.786. The SMILES string of the molecule is CCCC(CCNC(=O)N(C)CC(=O)OC)CCC(=O)O. The highest BCUT2D eigenvalue weighted by molar-refractivity contribution is 5.80. The quantitative estimate of drug-likeness (QED) is 0.596. The molecule has 0 rings (SSSR count). The normalized spacial score (nSPS) is 11.6. The smallest absolute Gasteiger partial charge is 0.325 e. The van der Waals surface area contributed by atoms with E-state index in [0.29, 0.717) is 13.0 Å². The molecule has 0 saturated carbocycles. The van der Waals surface area contributed by atoms with Crippen molar-refractivity contribution in [3.05, 3.63) is 0 Å². The number of aliphatic carboxylic acids is 1. The van der Waals surface area contributed by atoms with Crippen molar-refractivity contribution in [2.24, 2.45) is 5.92 Å². The van der Waals surface area contributed by atoms with E-state index < -0.39 is 11.9 Å². The number of likely N-dealkylation sites (N-methyl/N-ethyl adjacent to an activating group) is 1. The minimum atomic E-state index is -0.794. The first-order valence-electron chi connectivity index (χ1n) is 7.18. The van der Waals surface area contributed by atoms with Gasteiger partial charge >= 0.3 is 18.0 Å². The molecule has 122 valence electrons. The van der Waals surface area contributed by atoms with Crippen LogP contribution in [0.1, 0.15) is 39.0 Å². The molecule has 1 unspecified atom stereocenters. The first kappa shape index (κ1) is 19.2. The minimum Gasteiger partial charge on any atom is -0.481 e. The summed E-state index contributed by atoms with van der Waals surface area (Å²) in [7, 11) is 2.78. The van der Waals surface area contributed by atoms with Crippen molar-refractivity contribution in [3.63, 3.8) is 0 Å². The van der Waals surface area contributed by atoms with E-state index in [0.717, 1.165) is 19.3 Å². The van der Waals surface area contributed by atoms with E-state index >= 15 is 0 Å². The molecule has 0 aromatic rings. The number of urea groups is 1. The lowest BCUT2D eigenvalue weighted by Crippen LogP contribution is -2.41. The van der Waals surface area contributed by atoms with Crippen LogP contribution in [0.3, 0.4) is 0 Å². The minimum absolute atomic E-state index is 0.0975. The maximum atomic E-state index is 11.7. The lowest BCUT2D eigenvalue weighted by Gasteiger charge is -2.19. The highest BCUT2D eigenvalue weighted by Crippen LogP contribution is 2.17.